The van der Waals surface area contributed by atoms with Gasteiger partial charge in [-0.2, -0.15) is 0 Å². The molecule has 0 atom stereocenters. The predicted octanol–water partition coefficient (Wildman–Crippen LogP) is 3.84. The van der Waals surface area contributed by atoms with Crippen LogP contribution in [0.3, 0.4) is 0 Å². The maximum absolute atomic E-state index is 5.83. The Kier molecular flexibility index (Phi) is 5.20. The molecule has 1 heterocycles. The predicted molar refractivity (Wildman–Crippen MR) is 77.0 cm³/mol. The van der Waals surface area contributed by atoms with Crippen molar-refractivity contribution in [1.82, 2.24) is 5.32 Å². The Balaban J connectivity index is 1.79. The summed E-state index contributed by atoms with van der Waals surface area (Å²) in [5.74, 6) is 0. The van der Waals surface area contributed by atoms with Crippen molar-refractivity contribution < 1.29 is 4.74 Å². The number of nitrogens with one attached hydrogen (secondary N) is 1. The lowest BCUT2D eigenvalue weighted by Gasteiger charge is -2.03. The molecule has 0 aliphatic rings. The first-order valence-corrected chi connectivity index (χ1v) is 7.02. The fourth-order valence-electron chi connectivity index (χ4n) is 1.62. The van der Waals surface area contributed by atoms with Crippen LogP contribution in [0.5, 0.6) is 0 Å². The van der Waals surface area contributed by atoms with Crippen LogP contribution < -0.4 is 5.32 Å². The summed E-state index contributed by atoms with van der Waals surface area (Å²) in [4.78, 5) is 2.59. The average Bonchev–Trinajstić information content (AvgIpc) is 2.80. The molecule has 0 bridgehead atoms. The summed E-state index contributed by atoms with van der Waals surface area (Å²) in [5.41, 5.74) is 1.14. The normalized spacial score (nSPS) is 10.8. The molecule has 96 valence electrons. The van der Waals surface area contributed by atoms with Crippen LogP contribution in [-0.2, 0) is 24.5 Å². The van der Waals surface area contributed by atoms with E-state index in [1.807, 2.05) is 31.3 Å². The molecule has 0 saturated heterocycles. The minimum atomic E-state index is 0.621. The molecule has 1 aromatic heterocycles. The van der Waals surface area contributed by atoms with Gasteiger partial charge in [0.05, 0.1) is 13.2 Å². The Morgan fingerprint density at radius 3 is 2.50 bits per heavy atom. The molecule has 0 fully saturated rings. The number of rotatable bonds is 6. The highest BCUT2D eigenvalue weighted by molar-refractivity contribution is 7.11. The highest BCUT2D eigenvalue weighted by atomic mass is 35.5. The number of benzene rings is 1. The van der Waals surface area contributed by atoms with Crippen LogP contribution in [0.1, 0.15) is 15.3 Å². The Morgan fingerprint density at radius 1 is 1.06 bits per heavy atom. The Bertz CT molecular complexity index is 481. The largest absolute Gasteiger partial charge is 0.371 e. The lowest BCUT2D eigenvalue weighted by Crippen LogP contribution is -2.02. The Labute approximate surface area is 117 Å². The van der Waals surface area contributed by atoms with Gasteiger partial charge in [0.25, 0.3) is 0 Å². The van der Waals surface area contributed by atoms with Gasteiger partial charge in [-0.05, 0) is 36.9 Å². The zero-order valence-electron chi connectivity index (χ0n) is 10.3. The number of halogens is 1. The third kappa shape index (κ3) is 4.10. The van der Waals surface area contributed by atoms with Crippen LogP contribution in [-0.4, -0.2) is 7.05 Å². The smallest absolute Gasteiger partial charge is 0.0814 e. The SMILES string of the molecule is CNCc1ccc(COCc2ccc(Cl)cc2)s1. The first-order chi connectivity index (χ1) is 8.78. The standard InChI is InChI=1S/C14H16ClNOS/c1-16-8-13-6-7-14(18-13)10-17-9-11-2-4-12(15)5-3-11/h2-7,16H,8-10H2,1H3. The van der Waals surface area contributed by atoms with E-state index in [1.165, 1.54) is 9.75 Å². The van der Waals surface area contributed by atoms with Crippen LogP contribution in [0.4, 0.5) is 0 Å². The second-order valence-electron chi connectivity index (χ2n) is 4.02. The van der Waals surface area contributed by atoms with Gasteiger partial charge in [-0.1, -0.05) is 23.7 Å². The van der Waals surface area contributed by atoms with Crippen LogP contribution >= 0.6 is 22.9 Å². The van der Waals surface area contributed by atoms with Crippen molar-refractivity contribution in [2.45, 2.75) is 19.8 Å². The fraction of sp³-hybridized carbons (Fsp3) is 0.286. The van der Waals surface area contributed by atoms with Crippen molar-refractivity contribution in [2.24, 2.45) is 0 Å². The molecule has 0 radical (unpaired) electrons. The van der Waals surface area contributed by atoms with Gasteiger partial charge in [0.2, 0.25) is 0 Å². The first-order valence-electron chi connectivity index (χ1n) is 5.82. The summed E-state index contributed by atoms with van der Waals surface area (Å²) in [6, 6.07) is 12.0. The maximum atomic E-state index is 5.83. The highest BCUT2D eigenvalue weighted by Gasteiger charge is 2.00. The molecule has 0 saturated carbocycles. The van der Waals surface area contributed by atoms with Gasteiger partial charge in [0.15, 0.2) is 0 Å². The van der Waals surface area contributed by atoms with E-state index in [1.54, 1.807) is 11.3 Å². The quantitative estimate of drug-likeness (QED) is 0.869. The van der Waals surface area contributed by atoms with Crippen LogP contribution in [0.15, 0.2) is 36.4 Å². The summed E-state index contributed by atoms with van der Waals surface area (Å²) in [7, 11) is 1.95. The molecule has 1 aromatic carbocycles. The number of ether oxygens (including phenoxy) is 1. The molecular formula is C14H16ClNOS. The highest BCUT2D eigenvalue weighted by Crippen LogP contribution is 2.18. The van der Waals surface area contributed by atoms with Gasteiger partial charge in [-0.3, -0.25) is 0 Å². The number of thiophene rings is 1. The molecule has 4 heteroatoms. The lowest BCUT2D eigenvalue weighted by atomic mass is 10.2. The van der Waals surface area contributed by atoms with Gasteiger partial charge >= 0.3 is 0 Å². The Morgan fingerprint density at radius 2 is 1.78 bits per heavy atom. The summed E-state index contributed by atoms with van der Waals surface area (Å²) in [6.07, 6.45) is 0. The number of hydrogen-bond acceptors (Lipinski definition) is 3. The molecule has 0 aliphatic heterocycles. The monoisotopic (exact) mass is 281 g/mol. The molecule has 2 nitrogen and oxygen atoms in total. The topological polar surface area (TPSA) is 21.3 Å². The average molecular weight is 282 g/mol. The van der Waals surface area contributed by atoms with Gasteiger partial charge in [0.1, 0.15) is 0 Å². The van der Waals surface area contributed by atoms with Crippen LogP contribution in [0.25, 0.3) is 0 Å². The van der Waals surface area contributed by atoms with Crippen molar-refractivity contribution in [1.29, 1.82) is 0 Å². The van der Waals surface area contributed by atoms with Crippen LogP contribution in [0.2, 0.25) is 5.02 Å². The van der Waals surface area contributed by atoms with Crippen molar-refractivity contribution >= 4 is 22.9 Å². The first kappa shape index (κ1) is 13.6. The van der Waals surface area contributed by atoms with E-state index in [2.05, 4.69) is 17.4 Å². The minimum Gasteiger partial charge on any atom is -0.371 e. The van der Waals surface area contributed by atoms with Gasteiger partial charge in [-0.25, -0.2) is 0 Å². The molecule has 0 amide bonds. The van der Waals surface area contributed by atoms with Crippen molar-refractivity contribution in [2.75, 3.05) is 7.05 Å². The molecule has 0 spiro atoms. The molecule has 18 heavy (non-hydrogen) atoms. The van der Waals surface area contributed by atoms with Crippen molar-refractivity contribution in [3.63, 3.8) is 0 Å². The van der Waals surface area contributed by atoms with E-state index >= 15 is 0 Å². The molecule has 0 unspecified atom stereocenters. The zero-order chi connectivity index (χ0) is 12.8. The lowest BCUT2D eigenvalue weighted by molar-refractivity contribution is 0.109. The zero-order valence-corrected chi connectivity index (χ0v) is 11.9. The summed E-state index contributed by atoms with van der Waals surface area (Å²) in [6.45, 7) is 2.20. The summed E-state index contributed by atoms with van der Waals surface area (Å²) < 4.78 is 5.68. The van der Waals surface area contributed by atoms with Crippen molar-refractivity contribution in [3.8, 4) is 0 Å². The van der Waals surface area contributed by atoms with Crippen molar-refractivity contribution in [3.05, 3.63) is 56.7 Å². The second-order valence-corrected chi connectivity index (χ2v) is 5.71. The Hall–Kier alpha value is -0.870. The third-order valence-electron chi connectivity index (χ3n) is 2.49. The third-order valence-corrected chi connectivity index (χ3v) is 3.81. The van der Waals surface area contributed by atoms with E-state index in [0.29, 0.717) is 13.2 Å². The van der Waals surface area contributed by atoms with E-state index in [9.17, 15) is 0 Å². The molecular weight excluding hydrogens is 266 g/mol. The summed E-state index contributed by atoms with van der Waals surface area (Å²) in [5, 5.41) is 3.90. The molecule has 2 rings (SSSR count). The van der Waals surface area contributed by atoms with Crippen LogP contribution in [0, 0.1) is 0 Å². The van der Waals surface area contributed by atoms with E-state index < -0.39 is 0 Å². The summed E-state index contributed by atoms with van der Waals surface area (Å²) >= 11 is 7.62. The molecule has 1 N–H and O–H groups in total. The number of hydrogen-bond donors (Lipinski definition) is 1. The van der Waals surface area contributed by atoms with E-state index in [-0.39, 0.29) is 0 Å². The van der Waals surface area contributed by atoms with E-state index in [4.69, 9.17) is 16.3 Å². The molecule has 0 aliphatic carbocycles. The van der Waals surface area contributed by atoms with Gasteiger partial charge in [-0.15, -0.1) is 11.3 Å². The second kappa shape index (κ2) is 6.90. The molecule has 2 aromatic rings. The minimum absolute atomic E-state index is 0.621. The maximum Gasteiger partial charge on any atom is 0.0814 e. The fourth-order valence-corrected chi connectivity index (χ4v) is 2.71. The van der Waals surface area contributed by atoms with E-state index in [0.717, 1.165) is 17.1 Å². The van der Waals surface area contributed by atoms with Gasteiger partial charge < -0.3 is 10.1 Å². The van der Waals surface area contributed by atoms with Gasteiger partial charge in [0, 0.05) is 21.3 Å².